The van der Waals surface area contributed by atoms with Crippen LogP contribution in [0.3, 0.4) is 0 Å². The van der Waals surface area contributed by atoms with Gasteiger partial charge in [-0.25, -0.2) is 12.2 Å². The van der Waals surface area contributed by atoms with Gasteiger partial charge in [0.05, 0.1) is 0 Å². The molecule has 276 valence electrons. The summed E-state index contributed by atoms with van der Waals surface area (Å²) >= 11 is 1.53. The Kier molecular flexibility index (Phi) is 14.9. The number of hydrogen-bond acceptors (Lipinski definition) is 0. The van der Waals surface area contributed by atoms with Crippen molar-refractivity contribution in [2.75, 3.05) is 0 Å². The Labute approximate surface area is 352 Å². The Bertz CT molecular complexity index is 2140. The molecule has 0 bridgehead atoms. The van der Waals surface area contributed by atoms with E-state index in [2.05, 4.69) is 177 Å². The van der Waals surface area contributed by atoms with Gasteiger partial charge >= 0.3 is 158 Å². The van der Waals surface area contributed by atoms with Crippen molar-refractivity contribution in [2.24, 2.45) is 0 Å². The number of benzene rings is 6. The van der Waals surface area contributed by atoms with E-state index in [1.54, 1.807) is 3.21 Å². The van der Waals surface area contributed by atoms with Gasteiger partial charge < -0.3 is 24.8 Å². The van der Waals surface area contributed by atoms with Crippen LogP contribution in [0.2, 0.25) is 0 Å². The molecule has 0 aromatic heterocycles. The van der Waals surface area contributed by atoms with Gasteiger partial charge in [0, 0.05) is 0 Å². The first-order chi connectivity index (χ1) is 24.8. The minimum atomic E-state index is 0. The third-order valence-electron chi connectivity index (χ3n) is 10.2. The van der Waals surface area contributed by atoms with Crippen molar-refractivity contribution >= 4 is 24.8 Å². The number of hydrogen-bond donors (Lipinski definition) is 0. The fourth-order valence-corrected chi connectivity index (χ4v) is 8.71. The van der Waals surface area contributed by atoms with E-state index in [1.807, 2.05) is 12.2 Å². The minimum absolute atomic E-state index is 0. The van der Waals surface area contributed by atoms with Crippen LogP contribution in [-0.2, 0) is 54.3 Å². The topological polar surface area (TPSA) is 0 Å². The molecule has 0 atom stereocenters. The molecule has 54 heavy (non-hydrogen) atoms. The van der Waals surface area contributed by atoms with Crippen molar-refractivity contribution in [1.82, 2.24) is 0 Å². The van der Waals surface area contributed by atoms with Crippen LogP contribution < -0.4 is 24.8 Å². The van der Waals surface area contributed by atoms with E-state index in [0.717, 1.165) is 25.7 Å². The van der Waals surface area contributed by atoms with Crippen LogP contribution in [0.1, 0.15) is 92.5 Å². The fraction of sp³-hybridized carbons (Fsp3) is 0.275. The Balaban J connectivity index is 0.000000206. The van der Waals surface area contributed by atoms with E-state index in [1.165, 1.54) is 101 Å². The van der Waals surface area contributed by atoms with Crippen LogP contribution in [0.5, 0.6) is 0 Å². The average Bonchev–Trinajstić information content (AvgIpc) is 3.79. The molecular weight excluding hydrogens is 775 g/mol. The molecule has 0 amide bonds. The van der Waals surface area contributed by atoms with E-state index in [0.29, 0.717) is 0 Å². The maximum absolute atomic E-state index is 3.69. The molecule has 8 rings (SSSR count). The second kappa shape index (κ2) is 18.5. The van der Waals surface area contributed by atoms with Crippen LogP contribution in [0.4, 0.5) is 0 Å². The summed E-state index contributed by atoms with van der Waals surface area (Å²) in [6, 6.07) is 41.6. The summed E-state index contributed by atoms with van der Waals surface area (Å²) in [6.07, 6.45) is 13.2. The summed E-state index contributed by atoms with van der Waals surface area (Å²) in [4.78, 5) is 0. The van der Waals surface area contributed by atoms with Gasteiger partial charge in [-0.05, 0) is 35.4 Å². The van der Waals surface area contributed by atoms with Crippen molar-refractivity contribution in [2.45, 2.75) is 91.9 Å². The molecule has 0 saturated carbocycles. The van der Waals surface area contributed by atoms with Crippen LogP contribution in [-0.4, -0.2) is 3.21 Å². The zero-order valence-electron chi connectivity index (χ0n) is 33.1. The van der Waals surface area contributed by atoms with Gasteiger partial charge in [0.15, 0.2) is 0 Å². The molecule has 3 heteroatoms. The van der Waals surface area contributed by atoms with Gasteiger partial charge in [-0.1, -0.05) is 71.6 Å². The van der Waals surface area contributed by atoms with Crippen LogP contribution >= 0.6 is 0 Å². The Hall–Kier alpha value is -3.35. The van der Waals surface area contributed by atoms with Crippen molar-refractivity contribution < 1.29 is 49.0 Å². The molecular formula is C51H52Cl2Zr-2. The predicted molar refractivity (Wildman–Crippen MR) is 222 cm³/mol. The molecule has 0 aliphatic heterocycles. The Morgan fingerprint density at radius 3 is 1.65 bits per heavy atom. The maximum atomic E-state index is 3.69. The number of halogens is 2. The Morgan fingerprint density at radius 2 is 1.17 bits per heavy atom. The van der Waals surface area contributed by atoms with Gasteiger partial charge in [0.25, 0.3) is 0 Å². The third kappa shape index (κ3) is 10.3. The number of aryl methyl sites for hydroxylation is 2. The van der Waals surface area contributed by atoms with Crippen molar-refractivity contribution in [3.8, 4) is 11.1 Å². The summed E-state index contributed by atoms with van der Waals surface area (Å²) in [6.45, 7) is 18.2. The van der Waals surface area contributed by atoms with E-state index in [4.69, 9.17) is 0 Å². The third-order valence-corrected chi connectivity index (χ3v) is 11.1. The van der Waals surface area contributed by atoms with E-state index < -0.39 is 0 Å². The normalized spacial score (nSPS) is 12.5. The molecule has 0 nitrogen and oxygen atoms in total. The van der Waals surface area contributed by atoms with Gasteiger partial charge in [0.2, 0.25) is 0 Å². The SMILES string of the molecule is Cc1[c-]c2c(cc1C(C)(C)C)-c1cc(C(C)(C)C)c(C)cc1C2.[C-]1=CC=CC1.[Cl-].[Cl-].[Zr+2]=[C](Cc1cccc2ccccc12)Cc1cccc2ccccc12. The van der Waals surface area contributed by atoms with Gasteiger partial charge in [0.1, 0.15) is 0 Å². The second-order valence-electron chi connectivity index (χ2n) is 16.4. The molecule has 0 radical (unpaired) electrons. The summed E-state index contributed by atoms with van der Waals surface area (Å²) in [5.41, 5.74) is 14.5. The van der Waals surface area contributed by atoms with Crippen molar-refractivity contribution in [3.63, 3.8) is 0 Å². The predicted octanol–water partition coefficient (Wildman–Crippen LogP) is 7.08. The quantitative estimate of drug-likeness (QED) is 0.167. The monoisotopic (exact) mass is 824 g/mol. The molecule has 6 aromatic rings. The summed E-state index contributed by atoms with van der Waals surface area (Å²) < 4.78 is 1.59. The average molecular weight is 827 g/mol. The van der Waals surface area contributed by atoms with Crippen molar-refractivity contribution in [3.05, 3.63) is 178 Å². The number of allylic oxidation sites excluding steroid dienone is 4. The molecule has 0 heterocycles. The van der Waals surface area contributed by atoms with E-state index in [-0.39, 0.29) is 35.6 Å². The Morgan fingerprint density at radius 1 is 0.648 bits per heavy atom. The summed E-state index contributed by atoms with van der Waals surface area (Å²) in [5.74, 6) is 0. The second-order valence-corrected chi connectivity index (χ2v) is 18.2. The molecule has 0 spiro atoms. The summed E-state index contributed by atoms with van der Waals surface area (Å²) in [7, 11) is 0. The molecule has 2 aliphatic carbocycles. The molecule has 0 N–H and O–H groups in total. The van der Waals surface area contributed by atoms with Gasteiger partial charge in [-0.15, -0.1) is 23.1 Å². The van der Waals surface area contributed by atoms with Crippen LogP contribution in [0.25, 0.3) is 32.7 Å². The van der Waals surface area contributed by atoms with Crippen LogP contribution in [0, 0.1) is 26.0 Å². The zero-order chi connectivity index (χ0) is 37.0. The van der Waals surface area contributed by atoms with Gasteiger partial charge in [-0.2, -0.15) is 23.8 Å². The molecule has 0 saturated heterocycles. The first kappa shape index (κ1) is 43.4. The zero-order valence-corrected chi connectivity index (χ0v) is 37.1. The first-order valence-corrected chi connectivity index (χ1v) is 19.9. The standard InChI is InChI=1S/C23H18.C23H29.C5H5.2ClH.Zr/c1-3-16-22-18(8-1)10-5-12-20(22)14-7-15-21-13-6-11-19-9-2-4-17-23(19)21;1-14-9-16-11-17-10-15(2)21(23(6,7)8)13-19(17)18(16)12-20(14)22(3,4)5;1-2-4-5-3-1;;;/h1-6,8-13,16-17H,14-15H2;9,12-13H,11H2,1-8H3;1-3H,4H2;2*1H;/q;2*-1;;;+2/p-2. The van der Waals surface area contributed by atoms with E-state index >= 15 is 0 Å². The first-order valence-electron chi connectivity index (χ1n) is 18.7. The molecule has 6 aromatic carbocycles. The van der Waals surface area contributed by atoms with Gasteiger partial charge in [-0.3, -0.25) is 6.08 Å². The fourth-order valence-electron chi connectivity index (χ4n) is 7.78. The number of fused-ring (bicyclic) bond motifs is 5. The van der Waals surface area contributed by atoms with Crippen LogP contribution in [0.15, 0.2) is 121 Å². The van der Waals surface area contributed by atoms with E-state index in [9.17, 15) is 0 Å². The molecule has 0 fully saturated rings. The number of rotatable bonds is 4. The molecule has 2 aliphatic rings. The summed E-state index contributed by atoms with van der Waals surface area (Å²) in [5, 5.41) is 5.45. The molecule has 0 unspecified atom stereocenters. The van der Waals surface area contributed by atoms with Crippen molar-refractivity contribution in [1.29, 1.82) is 0 Å².